The Morgan fingerprint density at radius 3 is 2.68 bits per heavy atom. The van der Waals surface area contributed by atoms with Crippen LogP contribution in [0.25, 0.3) is 0 Å². The van der Waals surface area contributed by atoms with Crippen LogP contribution < -0.4 is 10.2 Å². The molecule has 0 saturated heterocycles. The van der Waals surface area contributed by atoms with Gasteiger partial charge in [-0.05, 0) is 25.3 Å². The Morgan fingerprint density at radius 2 is 2.08 bits per heavy atom. The van der Waals surface area contributed by atoms with Crippen LogP contribution in [0.4, 0.5) is 11.4 Å². The average molecular weight is 345 g/mol. The highest BCUT2D eigenvalue weighted by Crippen LogP contribution is 2.30. The summed E-state index contributed by atoms with van der Waals surface area (Å²) in [6.07, 6.45) is 7.77. The molecule has 6 heteroatoms. The molecular formula is C19H27N3O3. The van der Waals surface area contributed by atoms with Gasteiger partial charge < -0.3 is 10.2 Å². The zero-order chi connectivity index (χ0) is 18.2. The number of nitrogens with one attached hydrogen (secondary N) is 1. The number of amides is 1. The number of hydrogen-bond donors (Lipinski definition) is 1. The largest absolute Gasteiger partial charge is 0.352 e. The molecule has 0 bridgehead atoms. The number of benzene rings is 1. The van der Waals surface area contributed by atoms with E-state index >= 15 is 0 Å². The fraction of sp³-hybridized carbons (Fsp3) is 0.526. The number of carbonyl (C=O) groups is 1. The Balaban J connectivity index is 2.25. The van der Waals surface area contributed by atoms with Crippen molar-refractivity contribution in [1.82, 2.24) is 5.32 Å². The third-order valence-corrected chi connectivity index (χ3v) is 4.73. The summed E-state index contributed by atoms with van der Waals surface area (Å²) in [6, 6.07) is 6.31. The average Bonchev–Trinajstić information content (AvgIpc) is 2.62. The molecule has 0 aromatic heterocycles. The van der Waals surface area contributed by atoms with Crippen molar-refractivity contribution in [2.24, 2.45) is 0 Å². The Labute approximate surface area is 149 Å². The van der Waals surface area contributed by atoms with E-state index in [1.54, 1.807) is 29.2 Å². The topological polar surface area (TPSA) is 75.5 Å². The lowest BCUT2D eigenvalue weighted by atomic mass is 9.95. The SMILES string of the molecule is C=CCN(c1ccccc1[N+](=O)[O-])C(CC)C(=O)NC1CCCCC1. The second kappa shape index (κ2) is 9.20. The molecule has 1 saturated carbocycles. The molecule has 0 heterocycles. The molecule has 25 heavy (non-hydrogen) atoms. The highest BCUT2D eigenvalue weighted by Gasteiger charge is 2.29. The van der Waals surface area contributed by atoms with E-state index in [9.17, 15) is 14.9 Å². The second-order valence-electron chi connectivity index (χ2n) is 6.45. The fourth-order valence-electron chi connectivity index (χ4n) is 3.49. The first-order valence-corrected chi connectivity index (χ1v) is 8.99. The number of rotatable bonds is 8. The minimum atomic E-state index is -0.457. The van der Waals surface area contributed by atoms with Crippen molar-refractivity contribution in [3.63, 3.8) is 0 Å². The number of anilines is 1. The van der Waals surface area contributed by atoms with Gasteiger partial charge in [-0.15, -0.1) is 6.58 Å². The van der Waals surface area contributed by atoms with Crippen molar-refractivity contribution >= 4 is 17.3 Å². The van der Waals surface area contributed by atoms with E-state index in [0.717, 1.165) is 25.7 Å². The lowest BCUT2D eigenvalue weighted by Crippen LogP contribution is -2.50. The summed E-state index contributed by atoms with van der Waals surface area (Å²) in [4.78, 5) is 25.6. The Kier molecular flexibility index (Phi) is 6.98. The zero-order valence-corrected chi connectivity index (χ0v) is 14.8. The quantitative estimate of drug-likeness (QED) is 0.441. The second-order valence-corrected chi connectivity index (χ2v) is 6.45. The van der Waals surface area contributed by atoms with Gasteiger partial charge >= 0.3 is 0 Å². The van der Waals surface area contributed by atoms with Gasteiger partial charge in [-0.3, -0.25) is 14.9 Å². The maximum Gasteiger partial charge on any atom is 0.292 e. The molecule has 1 aliphatic rings. The molecule has 136 valence electrons. The van der Waals surface area contributed by atoms with Crippen molar-refractivity contribution < 1.29 is 9.72 Å². The number of nitro groups is 1. The monoisotopic (exact) mass is 345 g/mol. The van der Waals surface area contributed by atoms with E-state index in [1.165, 1.54) is 12.5 Å². The van der Waals surface area contributed by atoms with Crippen molar-refractivity contribution in [3.05, 3.63) is 47.0 Å². The molecule has 1 unspecified atom stereocenters. The molecule has 1 fully saturated rings. The first-order chi connectivity index (χ1) is 12.1. The molecule has 0 spiro atoms. The van der Waals surface area contributed by atoms with E-state index < -0.39 is 11.0 Å². The van der Waals surface area contributed by atoms with E-state index in [2.05, 4.69) is 11.9 Å². The summed E-state index contributed by atoms with van der Waals surface area (Å²) in [5.74, 6) is -0.0607. The molecule has 1 atom stereocenters. The van der Waals surface area contributed by atoms with Crippen LogP contribution in [-0.4, -0.2) is 29.5 Å². The smallest absolute Gasteiger partial charge is 0.292 e. The summed E-state index contributed by atoms with van der Waals surface area (Å²) >= 11 is 0. The Morgan fingerprint density at radius 1 is 1.40 bits per heavy atom. The maximum absolute atomic E-state index is 12.9. The predicted octanol–water partition coefficient (Wildman–Crippen LogP) is 3.81. The van der Waals surface area contributed by atoms with Gasteiger partial charge in [0.2, 0.25) is 5.91 Å². The molecule has 1 N–H and O–H groups in total. The third kappa shape index (κ3) is 4.81. The maximum atomic E-state index is 12.9. The van der Waals surface area contributed by atoms with Crippen LogP contribution >= 0.6 is 0 Å². The van der Waals surface area contributed by atoms with Crippen LogP contribution in [-0.2, 0) is 4.79 Å². The molecule has 0 aliphatic heterocycles. The predicted molar refractivity (Wildman–Crippen MR) is 99.7 cm³/mol. The molecule has 1 aromatic rings. The van der Waals surface area contributed by atoms with Crippen molar-refractivity contribution in [3.8, 4) is 0 Å². The van der Waals surface area contributed by atoms with Gasteiger partial charge in [-0.2, -0.15) is 0 Å². The minimum Gasteiger partial charge on any atom is -0.352 e. The van der Waals surface area contributed by atoms with Crippen molar-refractivity contribution in [2.75, 3.05) is 11.4 Å². The molecule has 1 aliphatic carbocycles. The van der Waals surface area contributed by atoms with Gasteiger partial charge in [0, 0.05) is 18.7 Å². The van der Waals surface area contributed by atoms with Crippen LogP contribution in [0, 0.1) is 10.1 Å². The van der Waals surface area contributed by atoms with Gasteiger partial charge in [0.25, 0.3) is 5.69 Å². The molecule has 0 radical (unpaired) electrons. The molecule has 1 amide bonds. The van der Waals surface area contributed by atoms with E-state index in [0.29, 0.717) is 18.7 Å². The molecule has 6 nitrogen and oxygen atoms in total. The van der Waals surface area contributed by atoms with Crippen LogP contribution in [0.1, 0.15) is 45.4 Å². The number of carbonyl (C=O) groups excluding carboxylic acids is 1. The first-order valence-electron chi connectivity index (χ1n) is 8.99. The van der Waals surface area contributed by atoms with Crippen LogP contribution in [0.2, 0.25) is 0 Å². The van der Waals surface area contributed by atoms with Gasteiger partial charge in [0.05, 0.1) is 4.92 Å². The minimum absolute atomic E-state index is 0.00765. The first kappa shape index (κ1) is 19.0. The zero-order valence-electron chi connectivity index (χ0n) is 14.8. The van der Waals surface area contributed by atoms with Gasteiger partial charge in [0.15, 0.2) is 0 Å². The van der Waals surface area contributed by atoms with Crippen LogP contribution in [0.15, 0.2) is 36.9 Å². The Hall–Kier alpha value is -2.37. The summed E-state index contributed by atoms with van der Waals surface area (Å²) in [7, 11) is 0. The number of para-hydroxylation sites is 2. The molecule has 2 rings (SSSR count). The van der Waals surface area contributed by atoms with Crippen molar-refractivity contribution in [2.45, 2.75) is 57.5 Å². The normalized spacial score (nSPS) is 16.0. The van der Waals surface area contributed by atoms with Crippen LogP contribution in [0.5, 0.6) is 0 Å². The van der Waals surface area contributed by atoms with E-state index in [-0.39, 0.29) is 17.6 Å². The Bertz CT molecular complexity index is 612. The van der Waals surface area contributed by atoms with Gasteiger partial charge in [0.1, 0.15) is 11.7 Å². The van der Waals surface area contributed by atoms with Crippen LogP contribution in [0.3, 0.4) is 0 Å². The number of nitrogens with zero attached hydrogens (tertiary/aromatic N) is 2. The molecular weight excluding hydrogens is 318 g/mol. The highest BCUT2D eigenvalue weighted by atomic mass is 16.6. The van der Waals surface area contributed by atoms with Gasteiger partial charge in [-0.25, -0.2) is 0 Å². The van der Waals surface area contributed by atoms with Crippen molar-refractivity contribution in [1.29, 1.82) is 0 Å². The summed E-state index contributed by atoms with van der Waals surface area (Å²) in [5.41, 5.74) is 0.464. The number of nitro benzene ring substituents is 1. The fourth-order valence-corrected chi connectivity index (χ4v) is 3.49. The number of hydrogen-bond acceptors (Lipinski definition) is 4. The standard InChI is InChI=1S/C19H27N3O3/c1-3-14-21(17-12-8-9-13-18(17)22(24)25)16(4-2)19(23)20-15-10-6-5-7-11-15/h3,8-9,12-13,15-16H,1,4-7,10-11,14H2,2H3,(H,20,23). The summed E-state index contributed by atoms with van der Waals surface area (Å²) in [6.45, 7) is 6.05. The van der Waals surface area contributed by atoms with Gasteiger partial charge in [-0.1, -0.05) is 44.4 Å². The highest BCUT2D eigenvalue weighted by molar-refractivity contribution is 5.86. The summed E-state index contributed by atoms with van der Waals surface area (Å²) < 4.78 is 0. The van der Waals surface area contributed by atoms with E-state index in [1.807, 2.05) is 6.92 Å². The lowest BCUT2D eigenvalue weighted by Gasteiger charge is -2.33. The third-order valence-electron chi connectivity index (χ3n) is 4.73. The van der Waals surface area contributed by atoms with E-state index in [4.69, 9.17) is 0 Å². The molecule has 1 aromatic carbocycles. The summed E-state index contributed by atoms with van der Waals surface area (Å²) in [5, 5.41) is 14.5. The lowest BCUT2D eigenvalue weighted by molar-refractivity contribution is -0.384.